The van der Waals surface area contributed by atoms with Gasteiger partial charge in [-0.2, -0.15) is 4.31 Å². The Morgan fingerprint density at radius 1 is 1.07 bits per heavy atom. The molecule has 2 atom stereocenters. The maximum atomic E-state index is 13.6. The molecule has 0 saturated carbocycles. The zero-order valence-electron chi connectivity index (χ0n) is 16.3. The zero-order valence-corrected chi connectivity index (χ0v) is 17.1. The first-order valence-electron chi connectivity index (χ1n) is 9.43. The van der Waals surface area contributed by atoms with E-state index < -0.39 is 22.1 Å². The molecule has 1 saturated heterocycles. The first-order chi connectivity index (χ1) is 13.3. The highest BCUT2D eigenvalue weighted by Gasteiger charge is 2.43. The molecule has 2 N–H and O–H groups in total. The van der Waals surface area contributed by atoms with Crippen LogP contribution in [0.25, 0.3) is 0 Å². The molecule has 2 aromatic rings. The predicted molar refractivity (Wildman–Crippen MR) is 109 cm³/mol. The van der Waals surface area contributed by atoms with Crippen molar-refractivity contribution in [2.24, 2.45) is 5.73 Å². The van der Waals surface area contributed by atoms with E-state index in [-0.39, 0.29) is 17.3 Å². The van der Waals surface area contributed by atoms with Crippen LogP contribution >= 0.6 is 0 Å². The molecule has 1 amide bonds. The summed E-state index contributed by atoms with van der Waals surface area (Å²) in [4.78, 5) is 14.9. The molecule has 1 fully saturated rings. The van der Waals surface area contributed by atoms with Crippen LogP contribution < -0.4 is 5.73 Å². The van der Waals surface area contributed by atoms with Crippen LogP contribution in [0.2, 0.25) is 0 Å². The first kappa shape index (κ1) is 20.5. The molecule has 28 heavy (non-hydrogen) atoms. The van der Waals surface area contributed by atoms with Crippen molar-refractivity contribution in [2.45, 2.75) is 36.7 Å². The van der Waals surface area contributed by atoms with Crippen LogP contribution in [0.15, 0.2) is 59.5 Å². The quantitative estimate of drug-likeness (QED) is 0.828. The Balaban J connectivity index is 2.09. The van der Waals surface area contributed by atoms with E-state index in [2.05, 4.69) is 0 Å². The van der Waals surface area contributed by atoms with Crippen molar-refractivity contribution in [1.29, 1.82) is 0 Å². The molecule has 1 heterocycles. The largest absolute Gasteiger partial charge is 0.344 e. The second-order valence-corrected chi connectivity index (χ2v) is 9.13. The number of rotatable bonds is 5. The van der Waals surface area contributed by atoms with Crippen molar-refractivity contribution in [3.8, 4) is 0 Å². The highest BCUT2D eigenvalue weighted by Crippen LogP contribution is 2.28. The number of nitrogens with zero attached hydrogens (tertiary/aromatic N) is 2. The third-order valence-electron chi connectivity index (χ3n) is 5.27. The number of carbonyl (C=O) groups is 1. The number of nitrogens with two attached hydrogens (primary N) is 1. The average Bonchev–Trinajstić information content (AvgIpc) is 2.81. The number of carbonyl (C=O) groups excluding carboxylic acids is 1. The molecular formula is C21H27N3O3S. The third-order valence-corrected chi connectivity index (χ3v) is 7.24. The van der Waals surface area contributed by atoms with Gasteiger partial charge in [0, 0.05) is 26.2 Å². The average molecular weight is 402 g/mol. The minimum absolute atomic E-state index is 0.164. The normalized spacial score (nSPS) is 21.5. The van der Waals surface area contributed by atoms with E-state index in [9.17, 15) is 13.2 Å². The van der Waals surface area contributed by atoms with Crippen molar-refractivity contribution < 1.29 is 13.2 Å². The van der Waals surface area contributed by atoms with Gasteiger partial charge in [0.25, 0.3) is 0 Å². The topological polar surface area (TPSA) is 83.7 Å². The van der Waals surface area contributed by atoms with Gasteiger partial charge in [-0.15, -0.1) is 0 Å². The van der Waals surface area contributed by atoms with Crippen LogP contribution in [-0.2, 0) is 21.2 Å². The summed E-state index contributed by atoms with van der Waals surface area (Å²) in [5, 5.41) is 0. The standard InChI is InChI=1S/C21H27N3O3S/c1-16-8-10-19(11-9-16)28(26,27)24-18(15-22)12-13-23(2)21(25)20(24)14-17-6-4-3-5-7-17/h3-11,18,20H,12-15,22H2,1-2H3. The van der Waals surface area contributed by atoms with Crippen LogP contribution in [0.5, 0.6) is 0 Å². The third kappa shape index (κ3) is 4.11. The van der Waals surface area contributed by atoms with Crippen LogP contribution in [0.3, 0.4) is 0 Å². The van der Waals surface area contributed by atoms with E-state index in [1.54, 1.807) is 36.2 Å². The Hall–Kier alpha value is -2.22. The lowest BCUT2D eigenvalue weighted by atomic mass is 10.0. The zero-order chi connectivity index (χ0) is 20.3. The van der Waals surface area contributed by atoms with E-state index in [0.29, 0.717) is 19.4 Å². The second kappa shape index (κ2) is 8.43. The lowest BCUT2D eigenvalue weighted by Crippen LogP contribution is -2.53. The smallest absolute Gasteiger partial charge is 0.244 e. The van der Waals surface area contributed by atoms with Crippen molar-refractivity contribution in [2.75, 3.05) is 20.1 Å². The number of benzene rings is 2. The lowest BCUT2D eigenvalue weighted by Gasteiger charge is -2.34. The Morgan fingerprint density at radius 2 is 1.71 bits per heavy atom. The van der Waals surface area contributed by atoms with Gasteiger partial charge in [-0.25, -0.2) is 8.42 Å². The van der Waals surface area contributed by atoms with Gasteiger partial charge in [0.1, 0.15) is 6.04 Å². The minimum atomic E-state index is -3.88. The first-order valence-corrected chi connectivity index (χ1v) is 10.9. The summed E-state index contributed by atoms with van der Waals surface area (Å²) in [7, 11) is -2.17. The van der Waals surface area contributed by atoms with Gasteiger partial charge in [-0.3, -0.25) is 4.79 Å². The molecular weight excluding hydrogens is 374 g/mol. The molecule has 1 aliphatic heterocycles. The maximum absolute atomic E-state index is 13.6. The van der Waals surface area contributed by atoms with Crippen molar-refractivity contribution >= 4 is 15.9 Å². The van der Waals surface area contributed by atoms with E-state index in [0.717, 1.165) is 11.1 Å². The van der Waals surface area contributed by atoms with Crippen LogP contribution in [0, 0.1) is 6.92 Å². The second-order valence-electron chi connectivity index (χ2n) is 7.29. The number of amides is 1. The highest BCUT2D eigenvalue weighted by atomic mass is 32.2. The van der Waals surface area contributed by atoms with Crippen molar-refractivity contribution in [3.05, 3.63) is 65.7 Å². The fourth-order valence-electron chi connectivity index (χ4n) is 3.63. The summed E-state index contributed by atoms with van der Waals surface area (Å²) >= 11 is 0. The number of sulfonamides is 1. The highest BCUT2D eigenvalue weighted by molar-refractivity contribution is 7.89. The molecule has 0 aromatic heterocycles. The van der Waals surface area contributed by atoms with Gasteiger partial charge >= 0.3 is 0 Å². The Labute approximate surface area is 167 Å². The lowest BCUT2D eigenvalue weighted by molar-refractivity contribution is -0.132. The van der Waals surface area contributed by atoms with Crippen LogP contribution in [-0.4, -0.2) is 55.8 Å². The van der Waals surface area contributed by atoms with Gasteiger partial charge in [0.05, 0.1) is 4.90 Å². The van der Waals surface area contributed by atoms with Crippen molar-refractivity contribution in [1.82, 2.24) is 9.21 Å². The Kier molecular flexibility index (Phi) is 6.17. The Morgan fingerprint density at radius 3 is 2.32 bits per heavy atom. The monoisotopic (exact) mass is 401 g/mol. The van der Waals surface area contributed by atoms with Gasteiger partial charge < -0.3 is 10.6 Å². The molecule has 1 aliphatic rings. The maximum Gasteiger partial charge on any atom is 0.244 e. The van der Waals surface area contributed by atoms with E-state index in [1.165, 1.54) is 4.31 Å². The molecule has 150 valence electrons. The van der Waals surface area contributed by atoms with Gasteiger partial charge in [-0.1, -0.05) is 48.0 Å². The number of likely N-dealkylation sites (N-methyl/N-ethyl adjacent to an activating group) is 1. The molecule has 3 rings (SSSR count). The summed E-state index contributed by atoms with van der Waals surface area (Å²) in [6.07, 6.45) is 0.820. The van der Waals surface area contributed by atoms with E-state index in [1.807, 2.05) is 37.3 Å². The summed E-state index contributed by atoms with van der Waals surface area (Å²) in [6.45, 7) is 2.55. The molecule has 0 radical (unpaired) electrons. The number of hydrogen-bond donors (Lipinski definition) is 1. The van der Waals surface area contributed by atoms with Gasteiger partial charge in [0.2, 0.25) is 15.9 Å². The summed E-state index contributed by atoms with van der Waals surface area (Å²) in [6, 6.07) is 15.0. The van der Waals surface area contributed by atoms with Crippen LogP contribution in [0.1, 0.15) is 17.5 Å². The van der Waals surface area contributed by atoms with E-state index >= 15 is 0 Å². The number of aryl methyl sites for hydroxylation is 1. The minimum Gasteiger partial charge on any atom is -0.344 e. The van der Waals surface area contributed by atoms with Gasteiger partial charge in [-0.05, 0) is 37.5 Å². The molecule has 0 bridgehead atoms. The summed E-state index contributed by atoms with van der Waals surface area (Å²) < 4.78 is 28.5. The molecule has 0 aliphatic carbocycles. The fraction of sp³-hybridized carbons (Fsp3) is 0.381. The fourth-order valence-corrected chi connectivity index (χ4v) is 5.44. The predicted octanol–water partition coefficient (Wildman–Crippen LogP) is 1.79. The Bertz CT molecular complexity index is 914. The summed E-state index contributed by atoms with van der Waals surface area (Å²) in [5.74, 6) is -0.199. The molecule has 2 aromatic carbocycles. The molecule has 2 unspecified atom stereocenters. The van der Waals surface area contributed by atoms with Crippen LogP contribution in [0.4, 0.5) is 0 Å². The SMILES string of the molecule is Cc1ccc(S(=O)(=O)N2C(CN)CCN(C)C(=O)C2Cc2ccccc2)cc1. The van der Waals surface area contributed by atoms with Crippen molar-refractivity contribution in [3.63, 3.8) is 0 Å². The molecule has 7 heteroatoms. The number of hydrogen-bond acceptors (Lipinski definition) is 4. The molecule has 6 nitrogen and oxygen atoms in total. The summed E-state index contributed by atoms with van der Waals surface area (Å²) in [5.41, 5.74) is 7.86. The molecule has 0 spiro atoms. The van der Waals surface area contributed by atoms with Gasteiger partial charge in [0.15, 0.2) is 0 Å². The van der Waals surface area contributed by atoms with E-state index in [4.69, 9.17) is 5.73 Å².